The minimum absolute atomic E-state index is 0.102. The fourth-order valence-electron chi connectivity index (χ4n) is 5.12. The monoisotopic (exact) mass is 455 g/mol. The molecule has 2 aromatic carbocycles. The van der Waals surface area contributed by atoms with E-state index in [1.165, 1.54) is 14.2 Å². The maximum atomic E-state index is 13.0. The zero-order valence-corrected chi connectivity index (χ0v) is 18.5. The molecule has 9 heteroatoms. The van der Waals surface area contributed by atoms with Crippen molar-refractivity contribution in [2.75, 3.05) is 27.6 Å². The maximum absolute atomic E-state index is 13.0. The molecule has 1 saturated heterocycles. The van der Waals surface area contributed by atoms with Crippen LogP contribution in [-0.2, 0) is 14.3 Å². The van der Waals surface area contributed by atoms with Gasteiger partial charge < -0.3 is 34.1 Å². The molecule has 0 radical (unpaired) electrons. The van der Waals surface area contributed by atoms with E-state index in [-0.39, 0.29) is 48.4 Å². The normalized spacial score (nSPS) is 24.5. The minimum atomic E-state index is -0.556. The van der Waals surface area contributed by atoms with Gasteiger partial charge in [0, 0.05) is 18.3 Å². The number of fused-ring (bicyclic) bond motifs is 3. The van der Waals surface area contributed by atoms with E-state index >= 15 is 0 Å². The number of phenolic OH excluding ortho intramolecular Hbond substituents is 1. The van der Waals surface area contributed by atoms with Crippen LogP contribution < -0.4 is 24.3 Å². The van der Waals surface area contributed by atoms with Crippen LogP contribution in [0.5, 0.6) is 28.7 Å². The van der Waals surface area contributed by atoms with Gasteiger partial charge in [-0.3, -0.25) is 9.59 Å². The fourth-order valence-corrected chi connectivity index (χ4v) is 5.12. The molecule has 174 valence electrons. The Balaban J connectivity index is 1.74. The molecule has 2 aromatic rings. The Morgan fingerprint density at radius 2 is 1.70 bits per heavy atom. The number of amides is 1. The highest BCUT2D eigenvalue weighted by Gasteiger charge is 2.53. The van der Waals surface area contributed by atoms with Crippen LogP contribution in [-0.4, -0.2) is 44.6 Å². The molecule has 5 rings (SSSR count). The maximum Gasteiger partial charge on any atom is 0.310 e. The molecule has 1 aliphatic carbocycles. The summed E-state index contributed by atoms with van der Waals surface area (Å²) in [6.45, 7) is 2.07. The third kappa shape index (κ3) is 3.30. The second kappa shape index (κ2) is 8.06. The van der Waals surface area contributed by atoms with Crippen molar-refractivity contribution >= 4 is 11.9 Å². The molecular formula is C24H25NO8. The molecule has 0 saturated carbocycles. The van der Waals surface area contributed by atoms with E-state index in [9.17, 15) is 14.7 Å². The second-order valence-corrected chi connectivity index (χ2v) is 8.30. The first-order chi connectivity index (χ1) is 16.0. The number of cyclic esters (lactones) is 1. The largest absolute Gasteiger partial charge is 0.502 e. The minimum Gasteiger partial charge on any atom is -0.502 e. The van der Waals surface area contributed by atoms with Crippen LogP contribution in [0.4, 0.5) is 0 Å². The van der Waals surface area contributed by atoms with Crippen molar-refractivity contribution in [2.24, 2.45) is 11.8 Å². The number of methoxy groups -OCH3 is 2. The molecule has 2 aliphatic heterocycles. The van der Waals surface area contributed by atoms with E-state index < -0.39 is 17.9 Å². The SMILES string of the molecule is CCC(=O)N[C@@H]1c2cc3c(cc2[C@@H](c2cc(OC)c(O)c(OC)c2)[C@H]2C(=O)OC[C@@H]21)OCO3. The predicted octanol–water partition coefficient (Wildman–Crippen LogP) is 2.64. The fraction of sp³-hybridized carbons (Fsp3) is 0.417. The van der Waals surface area contributed by atoms with E-state index in [1.54, 1.807) is 19.1 Å². The third-order valence-corrected chi connectivity index (χ3v) is 6.69. The Kier molecular flexibility index (Phi) is 5.19. The van der Waals surface area contributed by atoms with E-state index in [1.807, 2.05) is 12.1 Å². The van der Waals surface area contributed by atoms with E-state index in [0.717, 1.165) is 16.7 Å². The lowest BCUT2D eigenvalue weighted by Gasteiger charge is -2.39. The standard InChI is InChI=1S/C24H25NO8/c1-4-19(26)25-22-13-8-16-15(32-10-33-16)7-12(13)20(21-14(22)9-31-24(21)28)11-5-17(29-2)23(27)18(6-11)30-3/h5-8,14,20-22,27H,4,9-10H2,1-3H3,(H,25,26)/t14-,20+,21-,22+/m0/s1. The molecule has 2 heterocycles. The number of esters is 1. The molecule has 9 nitrogen and oxygen atoms in total. The number of hydrogen-bond acceptors (Lipinski definition) is 8. The summed E-state index contributed by atoms with van der Waals surface area (Å²) in [6.07, 6.45) is 0.318. The van der Waals surface area contributed by atoms with Crippen molar-refractivity contribution in [3.8, 4) is 28.7 Å². The van der Waals surface area contributed by atoms with Gasteiger partial charge >= 0.3 is 5.97 Å². The van der Waals surface area contributed by atoms with Crippen molar-refractivity contribution in [1.29, 1.82) is 0 Å². The summed E-state index contributed by atoms with van der Waals surface area (Å²) in [5.41, 5.74) is 2.38. The number of rotatable bonds is 5. The lowest BCUT2D eigenvalue weighted by Crippen LogP contribution is -2.42. The van der Waals surface area contributed by atoms with Crippen LogP contribution in [0.2, 0.25) is 0 Å². The lowest BCUT2D eigenvalue weighted by atomic mass is 9.65. The topological polar surface area (TPSA) is 113 Å². The average Bonchev–Trinajstić information content (AvgIpc) is 3.44. The summed E-state index contributed by atoms with van der Waals surface area (Å²) in [7, 11) is 2.90. The zero-order chi connectivity index (χ0) is 23.3. The molecule has 1 fully saturated rings. The molecule has 0 spiro atoms. The van der Waals surface area contributed by atoms with Crippen LogP contribution in [0.25, 0.3) is 0 Å². The van der Waals surface area contributed by atoms with Gasteiger partial charge in [0.05, 0.1) is 32.8 Å². The van der Waals surface area contributed by atoms with E-state index in [0.29, 0.717) is 17.9 Å². The summed E-state index contributed by atoms with van der Waals surface area (Å²) in [5, 5.41) is 13.5. The Labute approximate surface area is 190 Å². The predicted molar refractivity (Wildman–Crippen MR) is 115 cm³/mol. The van der Waals surface area contributed by atoms with Crippen molar-refractivity contribution in [1.82, 2.24) is 5.32 Å². The molecule has 0 bridgehead atoms. The molecule has 33 heavy (non-hydrogen) atoms. The summed E-state index contributed by atoms with van der Waals surface area (Å²) < 4.78 is 27.4. The quantitative estimate of drug-likeness (QED) is 0.662. The van der Waals surface area contributed by atoms with Crippen molar-refractivity contribution < 1.29 is 38.4 Å². The first-order valence-corrected chi connectivity index (χ1v) is 10.8. The van der Waals surface area contributed by atoms with E-state index in [4.69, 9.17) is 23.7 Å². The number of ether oxygens (including phenoxy) is 5. The average molecular weight is 455 g/mol. The molecule has 4 atom stereocenters. The van der Waals surface area contributed by atoms with Gasteiger partial charge in [-0.15, -0.1) is 0 Å². The first-order valence-electron chi connectivity index (χ1n) is 10.8. The van der Waals surface area contributed by atoms with Crippen LogP contribution >= 0.6 is 0 Å². The van der Waals surface area contributed by atoms with Crippen molar-refractivity contribution in [3.63, 3.8) is 0 Å². The summed E-state index contributed by atoms with van der Waals surface area (Å²) in [6, 6.07) is 6.71. The third-order valence-electron chi connectivity index (χ3n) is 6.69. The Hall–Kier alpha value is -3.62. The summed E-state index contributed by atoms with van der Waals surface area (Å²) >= 11 is 0. The molecule has 3 aliphatic rings. The van der Waals surface area contributed by atoms with Gasteiger partial charge in [0.2, 0.25) is 18.4 Å². The van der Waals surface area contributed by atoms with E-state index in [2.05, 4.69) is 5.32 Å². The molecule has 1 amide bonds. The highest BCUT2D eigenvalue weighted by Crippen LogP contribution is 2.55. The molecular weight excluding hydrogens is 430 g/mol. The Bertz CT molecular complexity index is 1100. The molecule has 0 unspecified atom stereocenters. The second-order valence-electron chi connectivity index (χ2n) is 8.30. The number of benzene rings is 2. The van der Waals surface area contributed by atoms with Gasteiger partial charge in [0.15, 0.2) is 23.0 Å². The van der Waals surface area contributed by atoms with Gasteiger partial charge in [-0.2, -0.15) is 0 Å². The molecule has 2 N–H and O–H groups in total. The van der Waals surface area contributed by atoms with Crippen LogP contribution in [0, 0.1) is 11.8 Å². The summed E-state index contributed by atoms with van der Waals surface area (Å²) in [5.74, 6) is -0.225. The lowest BCUT2D eigenvalue weighted by molar-refractivity contribution is -0.141. The van der Waals surface area contributed by atoms with Crippen LogP contribution in [0.15, 0.2) is 24.3 Å². The van der Waals surface area contributed by atoms with Crippen LogP contribution in [0.1, 0.15) is 42.0 Å². The smallest absolute Gasteiger partial charge is 0.310 e. The number of aromatic hydroxyl groups is 1. The summed E-state index contributed by atoms with van der Waals surface area (Å²) in [4.78, 5) is 25.4. The Morgan fingerprint density at radius 3 is 2.30 bits per heavy atom. The van der Waals surface area contributed by atoms with Crippen LogP contribution in [0.3, 0.4) is 0 Å². The number of phenols is 1. The highest BCUT2D eigenvalue weighted by atomic mass is 16.7. The van der Waals surface area contributed by atoms with Gasteiger partial charge in [-0.1, -0.05) is 6.92 Å². The zero-order valence-electron chi connectivity index (χ0n) is 18.5. The van der Waals surface area contributed by atoms with Gasteiger partial charge in [0.1, 0.15) is 0 Å². The Morgan fingerprint density at radius 1 is 1.06 bits per heavy atom. The van der Waals surface area contributed by atoms with Crippen molar-refractivity contribution in [2.45, 2.75) is 25.3 Å². The molecule has 0 aromatic heterocycles. The van der Waals surface area contributed by atoms with Crippen molar-refractivity contribution in [3.05, 3.63) is 41.0 Å². The van der Waals surface area contributed by atoms with Gasteiger partial charge in [0.25, 0.3) is 0 Å². The first kappa shape index (κ1) is 21.2. The number of carbonyl (C=O) groups excluding carboxylic acids is 2. The van der Waals surface area contributed by atoms with Gasteiger partial charge in [-0.25, -0.2) is 0 Å². The highest BCUT2D eigenvalue weighted by molar-refractivity contribution is 5.81. The number of carbonyl (C=O) groups is 2. The number of hydrogen-bond donors (Lipinski definition) is 2. The van der Waals surface area contributed by atoms with Gasteiger partial charge in [-0.05, 0) is 41.0 Å². The number of nitrogens with one attached hydrogen (secondary N) is 1.